The monoisotopic (exact) mass is 294 g/mol. The van der Waals surface area contributed by atoms with Crippen LogP contribution in [0.4, 0.5) is 5.69 Å². The molecule has 1 unspecified atom stereocenters. The number of anilines is 1. The van der Waals surface area contributed by atoms with Crippen molar-refractivity contribution in [1.82, 2.24) is 5.43 Å². The molecule has 4 nitrogen and oxygen atoms in total. The molecule has 3 rings (SSSR count). The number of ether oxygens (including phenoxy) is 1. The van der Waals surface area contributed by atoms with Gasteiger partial charge in [-0.05, 0) is 24.6 Å². The summed E-state index contributed by atoms with van der Waals surface area (Å²) in [5.74, 6) is -0.336. The molecule has 1 heterocycles. The summed E-state index contributed by atoms with van der Waals surface area (Å²) in [6, 6.07) is 19.8. The van der Waals surface area contributed by atoms with E-state index in [1.54, 1.807) is 6.20 Å². The van der Waals surface area contributed by atoms with E-state index in [4.69, 9.17) is 4.74 Å². The van der Waals surface area contributed by atoms with Crippen LogP contribution in [0.5, 0.6) is 0 Å². The number of hydrogen-bond donors (Lipinski definition) is 1. The van der Waals surface area contributed by atoms with Crippen LogP contribution in [0.3, 0.4) is 0 Å². The van der Waals surface area contributed by atoms with Crippen LogP contribution in [0.2, 0.25) is 0 Å². The van der Waals surface area contributed by atoms with Gasteiger partial charge >= 0.3 is 5.97 Å². The van der Waals surface area contributed by atoms with Crippen molar-refractivity contribution < 1.29 is 9.53 Å². The summed E-state index contributed by atoms with van der Waals surface area (Å²) in [7, 11) is 1.40. The number of para-hydroxylation sites is 1. The van der Waals surface area contributed by atoms with E-state index in [-0.39, 0.29) is 5.97 Å². The highest BCUT2D eigenvalue weighted by molar-refractivity contribution is 5.93. The quantitative estimate of drug-likeness (QED) is 0.884. The second kappa shape index (κ2) is 5.56. The molecular weight excluding hydrogens is 276 g/mol. The highest BCUT2D eigenvalue weighted by Gasteiger charge is 2.45. The van der Waals surface area contributed by atoms with Crippen molar-refractivity contribution in [2.45, 2.75) is 12.5 Å². The molecule has 0 radical (unpaired) electrons. The van der Waals surface area contributed by atoms with Crippen molar-refractivity contribution in [3.63, 3.8) is 0 Å². The number of benzene rings is 2. The lowest BCUT2D eigenvalue weighted by Gasteiger charge is -2.38. The summed E-state index contributed by atoms with van der Waals surface area (Å²) in [6.45, 7) is 2.01. The number of hydrazine groups is 1. The summed E-state index contributed by atoms with van der Waals surface area (Å²) < 4.78 is 4.96. The second-order valence-corrected chi connectivity index (χ2v) is 5.29. The first-order chi connectivity index (χ1) is 10.7. The van der Waals surface area contributed by atoms with E-state index in [9.17, 15) is 4.79 Å². The maximum Gasteiger partial charge on any atom is 0.338 e. The fourth-order valence-corrected chi connectivity index (χ4v) is 2.84. The van der Waals surface area contributed by atoms with E-state index in [0.29, 0.717) is 5.57 Å². The molecule has 4 heteroatoms. The summed E-state index contributed by atoms with van der Waals surface area (Å²) in [5.41, 5.74) is 5.12. The van der Waals surface area contributed by atoms with E-state index in [1.807, 2.05) is 72.6 Å². The van der Waals surface area contributed by atoms with Gasteiger partial charge < -0.3 is 10.2 Å². The fraction of sp³-hybridized carbons (Fsp3) is 0.167. The largest absolute Gasteiger partial charge is 0.466 e. The highest BCUT2D eigenvalue weighted by atomic mass is 16.5. The van der Waals surface area contributed by atoms with E-state index in [0.717, 1.165) is 11.3 Å². The van der Waals surface area contributed by atoms with Crippen molar-refractivity contribution in [3.8, 4) is 0 Å². The van der Waals surface area contributed by atoms with Crippen LogP contribution in [0.25, 0.3) is 0 Å². The molecule has 22 heavy (non-hydrogen) atoms. The third-order valence-corrected chi connectivity index (χ3v) is 4.07. The maximum atomic E-state index is 12.2. The van der Waals surface area contributed by atoms with E-state index in [1.165, 1.54) is 7.11 Å². The molecule has 2 aromatic carbocycles. The first-order valence-electron chi connectivity index (χ1n) is 7.14. The van der Waals surface area contributed by atoms with Crippen molar-refractivity contribution >= 4 is 11.7 Å². The Balaban J connectivity index is 2.12. The number of nitrogens with zero attached hydrogens (tertiary/aromatic N) is 1. The van der Waals surface area contributed by atoms with Gasteiger partial charge in [0.05, 0.1) is 18.4 Å². The van der Waals surface area contributed by atoms with Crippen molar-refractivity contribution in [2.24, 2.45) is 0 Å². The Bertz CT molecular complexity index is 698. The summed E-state index contributed by atoms with van der Waals surface area (Å²) >= 11 is 0. The van der Waals surface area contributed by atoms with Gasteiger partial charge in [0.15, 0.2) is 0 Å². The zero-order chi connectivity index (χ0) is 15.6. The number of methoxy groups -OCH3 is 1. The van der Waals surface area contributed by atoms with E-state index < -0.39 is 5.54 Å². The number of hydrogen-bond acceptors (Lipinski definition) is 4. The summed E-state index contributed by atoms with van der Waals surface area (Å²) in [6.07, 6.45) is 1.71. The Kier molecular flexibility index (Phi) is 3.59. The summed E-state index contributed by atoms with van der Waals surface area (Å²) in [4.78, 5) is 12.2. The molecule has 0 saturated heterocycles. The molecule has 0 bridgehead atoms. The van der Waals surface area contributed by atoms with Crippen LogP contribution < -0.4 is 10.4 Å². The predicted octanol–water partition coefficient (Wildman–Crippen LogP) is 2.98. The number of rotatable bonds is 3. The normalized spacial score (nSPS) is 20.3. The van der Waals surface area contributed by atoms with Gasteiger partial charge in [-0.3, -0.25) is 5.01 Å². The lowest BCUT2D eigenvalue weighted by molar-refractivity contribution is -0.136. The van der Waals surface area contributed by atoms with Crippen LogP contribution in [0, 0.1) is 0 Å². The van der Waals surface area contributed by atoms with Gasteiger partial charge in [-0.2, -0.15) is 0 Å². The molecular formula is C18H18N2O2. The SMILES string of the molecule is COC(=O)C1=CNN(c2ccccc2)C1(C)c1ccccc1. The number of carbonyl (C=O) groups is 1. The van der Waals surface area contributed by atoms with E-state index >= 15 is 0 Å². The molecule has 1 atom stereocenters. The second-order valence-electron chi connectivity index (χ2n) is 5.29. The molecule has 0 saturated carbocycles. The average Bonchev–Trinajstić information content (AvgIpc) is 2.94. The summed E-state index contributed by atoms with van der Waals surface area (Å²) in [5, 5.41) is 1.98. The minimum atomic E-state index is -0.643. The number of carbonyl (C=O) groups excluding carboxylic acids is 1. The Morgan fingerprint density at radius 2 is 1.64 bits per heavy atom. The topological polar surface area (TPSA) is 41.6 Å². The lowest BCUT2D eigenvalue weighted by atomic mass is 9.84. The number of esters is 1. The molecule has 0 aromatic heterocycles. The number of nitrogens with one attached hydrogen (secondary N) is 1. The van der Waals surface area contributed by atoms with Gasteiger partial charge in [-0.15, -0.1) is 0 Å². The zero-order valence-corrected chi connectivity index (χ0v) is 12.6. The Labute approximate surface area is 130 Å². The Morgan fingerprint density at radius 3 is 2.23 bits per heavy atom. The third kappa shape index (κ3) is 2.13. The van der Waals surface area contributed by atoms with Crippen molar-refractivity contribution in [3.05, 3.63) is 78.0 Å². The van der Waals surface area contributed by atoms with Gasteiger partial charge in [-0.1, -0.05) is 48.5 Å². The van der Waals surface area contributed by atoms with Gasteiger partial charge in [0.2, 0.25) is 0 Å². The van der Waals surface area contributed by atoms with Crippen molar-refractivity contribution in [2.75, 3.05) is 12.1 Å². The van der Waals surface area contributed by atoms with Crippen LogP contribution in [-0.2, 0) is 15.1 Å². The minimum Gasteiger partial charge on any atom is -0.466 e. The lowest BCUT2D eigenvalue weighted by Crippen LogP contribution is -2.47. The van der Waals surface area contributed by atoms with Crippen molar-refractivity contribution in [1.29, 1.82) is 0 Å². The molecule has 1 aliphatic heterocycles. The standard InChI is InChI=1S/C18H18N2O2/c1-18(14-9-5-3-6-10-14)16(17(21)22-2)13-19-20(18)15-11-7-4-8-12-15/h3-13,19H,1-2H3. The average molecular weight is 294 g/mol. The smallest absolute Gasteiger partial charge is 0.338 e. The molecule has 112 valence electrons. The van der Waals surface area contributed by atoms with Gasteiger partial charge in [-0.25, -0.2) is 4.79 Å². The van der Waals surface area contributed by atoms with Crippen LogP contribution >= 0.6 is 0 Å². The van der Waals surface area contributed by atoms with Crippen LogP contribution in [0.15, 0.2) is 72.4 Å². The van der Waals surface area contributed by atoms with E-state index in [2.05, 4.69) is 5.43 Å². The van der Waals surface area contributed by atoms with Gasteiger partial charge in [0, 0.05) is 6.20 Å². The molecule has 2 aromatic rings. The predicted molar refractivity (Wildman–Crippen MR) is 85.9 cm³/mol. The fourth-order valence-electron chi connectivity index (χ4n) is 2.84. The maximum absolute atomic E-state index is 12.2. The molecule has 0 aliphatic carbocycles. The van der Waals surface area contributed by atoms with Crippen LogP contribution in [0.1, 0.15) is 12.5 Å². The third-order valence-electron chi connectivity index (χ3n) is 4.07. The van der Waals surface area contributed by atoms with Gasteiger partial charge in [0.25, 0.3) is 0 Å². The first kappa shape index (κ1) is 14.2. The molecule has 0 amide bonds. The van der Waals surface area contributed by atoms with Crippen LogP contribution in [-0.4, -0.2) is 13.1 Å². The molecule has 0 fully saturated rings. The van der Waals surface area contributed by atoms with Gasteiger partial charge in [0.1, 0.15) is 5.54 Å². The first-order valence-corrected chi connectivity index (χ1v) is 7.14. The highest BCUT2D eigenvalue weighted by Crippen LogP contribution is 2.41. The minimum absolute atomic E-state index is 0.336. The zero-order valence-electron chi connectivity index (χ0n) is 12.6. The molecule has 1 aliphatic rings. The molecule has 0 spiro atoms. The Hall–Kier alpha value is -2.75. The molecule has 1 N–H and O–H groups in total. The Morgan fingerprint density at radius 1 is 1.05 bits per heavy atom.